The van der Waals surface area contributed by atoms with Crippen LogP contribution in [0.3, 0.4) is 0 Å². The molecule has 15 heavy (non-hydrogen) atoms. The van der Waals surface area contributed by atoms with E-state index in [1.54, 1.807) is 0 Å². The third-order valence-electron chi connectivity index (χ3n) is 1.95. The van der Waals surface area contributed by atoms with Crippen LogP contribution >= 0.6 is 23.2 Å². The SMILES string of the molecule is O=C(O)CC(C=C(Cl)Cl)c1ccccc1. The molecule has 0 heterocycles. The Morgan fingerprint density at radius 2 is 1.93 bits per heavy atom. The summed E-state index contributed by atoms with van der Waals surface area (Å²) >= 11 is 11.1. The minimum absolute atomic E-state index is 0.0209. The van der Waals surface area contributed by atoms with Gasteiger partial charge in [-0.05, 0) is 11.6 Å². The van der Waals surface area contributed by atoms with Crippen LogP contribution in [0.4, 0.5) is 0 Å². The molecule has 0 aliphatic rings. The zero-order chi connectivity index (χ0) is 11.3. The highest BCUT2D eigenvalue weighted by atomic mass is 35.5. The van der Waals surface area contributed by atoms with Gasteiger partial charge in [0.15, 0.2) is 0 Å². The molecule has 1 rings (SSSR count). The van der Waals surface area contributed by atoms with Crippen molar-refractivity contribution in [3.05, 3.63) is 46.5 Å². The minimum atomic E-state index is -0.880. The predicted octanol–water partition coefficient (Wildman–Crippen LogP) is 3.56. The van der Waals surface area contributed by atoms with Crippen molar-refractivity contribution in [2.75, 3.05) is 0 Å². The highest BCUT2D eigenvalue weighted by Gasteiger charge is 2.13. The van der Waals surface area contributed by atoms with Crippen LogP contribution in [0.25, 0.3) is 0 Å². The molecule has 0 saturated heterocycles. The first-order valence-electron chi connectivity index (χ1n) is 4.39. The van der Waals surface area contributed by atoms with Crippen LogP contribution in [-0.2, 0) is 4.79 Å². The maximum atomic E-state index is 10.6. The molecule has 0 spiro atoms. The summed E-state index contributed by atoms with van der Waals surface area (Å²) < 4.78 is 0.0881. The third kappa shape index (κ3) is 4.36. The monoisotopic (exact) mass is 244 g/mol. The molecule has 0 saturated carbocycles. The van der Waals surface area contributed by atoms with Crippen LogP contribution in [-0.4, -0.2) is 11.1 Å². The Labute approximate surface area is 98.1 Å². The number of hydrogen-bond donors (Lipinski definition) is 1. The number of carboxylic acid groups (broad SMARTS) is 1. The Hall–Kier alpha value is -0.990. The van der Waals surface area contributed by atoms with E-state index in [-0.39, 0.29) is 16.8 Å². The molecule has 0 bridgehead atoms. The van der Waals surface area contributed by atoms with Gasteiger partial charge in [-0.25, -0.2) is 0 Å². The molecule has 0 radical (unpaired) electrons. The largest absolute Gasteiger partial charge is 0.481 e. The Morgan fingerprint density at radius 1 is 1.33 bits per heavy atom. The van der Waals surface area contributed by atoms with Crippen LogP contribution in [0.15, 0.2) is 40.9 Å². The zero-order valence-electron chi connectivity index (χ0n) is 7.86. The molecule has 4 heteroatoms. The number of carbonyl (C=O) groups is 1. The number of halogens is 2. The number of benzene rings is 1. The maximum absolute atomic E-state index is 10.6. The van der Waals surface area contributed by atoms with Gasteiger partial charge in [-0.2, -0.15) is 0 Å². The molecule has 0 fully saturated rings. The fourth-order valence-corrected chi connectivity index (χ4v) is 1.62. The number of rotatable bonds is 4. The lowest BCUT2D eigenvalue weighted by Crippen LogP contribution is -2.04. The van der Waals surface area contributed by atoms with Gasteiger partial charge in [0.05, 0.1) is 6.42 Å². The van der Waals surface area contributed by atoms with E-state index >= 15 is 0 Å². The quantitative estimate of drug-likeness (QED) is 0.880. The zero-order valence-corrected chi connectivity index (χ0v) is 9.37. The normalized spacial score (nSPS) is 11.9. The molecule has 0 aromatic heterocycles. The summed E-state index contributed by atoms with van der Waals surface area (Å²) in [5.41, 5.74) is 0.888. The molecule has 1 aromatic rings. The van der Waals surface area contributed by atoms with E-state index in [4.69, 9.17) is 28.3 Å². The van der Waals surface area contributed by atoms with Gasteiger partial charge in [0.25, 0.3) is 0 Å². The first-order valence-corrected chi connectivity index (χ1v) is 5.14. The molecule has 80 valence electrons. The first-order chi connectivity index (χ1) is 7.09. The topological polar surface area (TPSA) is 37.3 Å². The van der Waals surface area contributed by atoms with Crippen molar-refractivity contribution in [3.63, 3.8) is 0 Å². The maximum Gasteiger partial charge on any atom is 0.304 e. The standard InChI is InChI=1S/C11H10Cl2O2/c12-10(13)6-9(7-11(14)15)8-4-2-1-3-5-8/h1-6,9H,7H2,(H,14,15). The Balaban J connectivity index is 2.91. The van der Waals surface area contributed by atoms with Gasteiger partial charge in [-0.1, -0.05) is 53.5 Å². The van der Waals surface area contributed by atoms with E-state index in [9.17, 15) is 4.79 Å². The lowest BCUT2D eigenvalue weighted by molar-refractivity contribution is -0.137. The van der Waals surface area contributed by atoms with Crippen molar-refractivity contribution in [1.29, 1.82) is 0 Å². The van der Waals surface area contributed by atoms with Gasteiger partial charge in [-0.15, -0.1) is 0 Å². The van der Waals surface area contributed by atoms with Crippen molar-refractivity contribution in [3.8, 4) is 0 Å². The fourth-order valence-electron chi connectivity index (χ4n) is 1.31. The van der Waals surface area contributed by atoms with Crippen molar-refractivity contribution in [2.45, 2.75) is 12.3 Å². The minimum Gasteiger partial charge on any atom is -0.481 e. The van der Waals surface area contributed by atoms with Crippen LogP contribution < -0.4 is 0 Å². The summed E-state index contributed by atoms with van der Waals surface area (Å²) in [4.78, 5) is 10.6. The first kappa shape index (κ1) is 12.1. The predicted molar refractivity (Wildman–Crippen MR) is 61.2 cm³/mol. The van der Waals surface area contributed by atoms with E-state index in [1.807, 2.05) is 30.3 Å². The summed E-state index contributed by atoms with van der Waals surface area (Å²) in [7, 11) is 0. The van der Waals surface area contributed by atoms with Crippen LogP contribution in [0, 0.1) is 0 Å². The summed E-state index contributed by atoms with van der Waals surface area (Å²) in [5, 5.41) is 8.74. The second-order valence-corrected chi connectivity index (χ2v) is 4.08. The van der Waals surface area contributed by atoms with Crippen molar-refractivity contribution in [1.82, 2.24) is 0 Å². The highest BCUT2D eigenvalue weighted by Crippen LogP contribution is 2.24. The van der Waals surface area contributed by atoms with Gasteiger partial charge in [0.1, 0.15) is 4.49 Å². The van der Waals surface area contributed by atoms with E-state index < -0.39 is 5.97 Å². The summed E-state index contributed by atoms with van der Waals surface area (Å²) in [6, 6.07) is 9.26. The van der Waals surface area contributed by atoms with Gasteiger partial charge >= 0.3 is 5.97 Å². The molecule has 0 aliphatic carbocycles. The Bertz CT molecular complexity index is 356. The van der Waals surface area contributed by atoms with Gasteiger partial charge in [0, 0.05) is 5.92 Å². The van der Waals surface area contributed by atoms with E-state index in [2.05, 4.69) is 0 Å². The summed E-state index contributed by atoms with van der Waals surface area (Å²) in [6.45, 7) is 0. The number of hydrogen-bond acceptors (Lipinski definition) is 1. The number of allylic oxidation sites excluding steroid dienone is 1. The molecule has 0 amide bonds. The van der Waals surface area contributed by atoms with E-state index in [0.717, 1.165) is 5.56 Å². The molecular weight excluding hydrogens is 235 g/mol. The van der Waals surface area contributed by atoms with Crippen LogP contribution in [0.1, 0.15) is 17.9 Å². The van der Waals surface area contributed by atoms with Crippen LogP contribution in [0.5, 0.6) is 0 Å². The molecule has 0 aliphatic heterocycles. The summed E-state index contributed by atoms with van der Waals surface area (Å²) in [6.07, 6.45) is 1.51. The molecule has 1 aromatic carbocycles. The lowest BCUT2D eigenvalue weighted by Gasteiger charge is -2.10. The van der Waals surface area contributed by atoms with Crippen LogP contribution in [0.2, 0.25) is 0 Å². The molecular formula is C11H10Cl2O2. The Morgan fingerprint density at radius 3 is 2.40 bits per heavy atom. The highest BCUT2D eigenvalue weighted by molar-refractivity contribution is 6.55. The van der Waals surface area contributed by atoms with E-state index in [1.165, 1.54) is 6.08 Å². The Kier molecular flexibility index (Phi) is 4.66. The third-order valence-corrected chi connectivity index (χ3v) is 2.20. The van der Waals surface area contributed by atoms with E-state index in [0.29, 0.717) is 0 Å². The van der Waals surface area contributed by atoms with Gasteiger partial charge in [-0.3, -0.25) is 4.79 Å². The fraction of sp³-hybridized carbons (Fsp3) is 0.182. The second kappa shape index (κ2) is 5.79. The van der Waals surface area contributed by atoms with Crippen molar-refractivity contribution < 1.29 is 9.90 Å². The number of aliphatic carboxylic acids is 1. The van der Waals surface area contributed by atoms with Gasteiger partial charge < -0.3 is 5.11 Å². The van der Waals surface area contributed by atoms with Gasteiger partial charge in [0.2, 0.25) is 0 Å². The lowest BCUT2D eigenvalue weighted by atomic mass is 9.96. The van der Waals surface area contributed by atoms with Crippen molar-refractivity contribution in [2.24, 2.45) is 0 Å². The smallest absolute Gasteiger partial charge is 0.304 e. The molecule has 1 N–H and O–H groups in total. The van der Waals surface area contributed by atoms with Crippen molar-refractivity contribution >= 4 is 29.2 Å². The second-order valence-electron chi connectivity index (χ2n) is 3.07. The summed E-state index contributed by atoms with van der Waals surface area (Å²) in [5.74, 6) is -1.16. The average molecular weight is 245 g/mol. The molecule has 2 nitrogen and oxygen atoms in total. The number of carboxylic acids is 1. The average Bonchev–Trinajstić information content (AvgIpc) is 2.17. The molecule has 1 unspecified atom stereocenters. The molecule has 1 atom stereocenters.